The van der Waals surface area contributed by atoms with Crippen molar-refractivity contribution in [3.8, 4) is 56.4 Å². The Kier molecular flexibility index (Phi) is 6.43. The van der Waals surface area contributed by atoms with Crippen LogP contribution >= 0.6 is 0 Å². The van der Waals surface area contributed by atoms with Crippen LogP contribution in [0.15, 0.2) is 168 Å². The first-order valence-electron chi connectivity index (χ1n) is 15.7. The highest BCUT2D eigenvalue weighted by Crippen LogP contribution is 2.37. The third-order valence-corrected chi connectivity index (χ3v) is 8.73. The summed E-state index contributed by atoms with van der Waals surface area (Å²) >= 11 is 0. The highest BCUT2D eigenvalue weighted by molar-refractivity contribution is 6.11. The van der Waals surface area contributed by atoms with Crippen molar-refractivity contribution in [2.75, 3.05) is 0 Å². The number of hydrogen-bond acceptors (Lipinski definition) is 4. The summed E-state index contributed by atoms with van der Waals surface area (Å²) in [7, 11) is 0. The Morgan fingerprint density at radius 2 is 0.851 bits per heavy atom. The van der Waals surface area contributed by atoms with E-state index in [0.717, 1.165) is 55.0 Å². The lowest BCUT2D eigenvalue weighted by Crippen LogP contribution is -2.00. The lowest BCUT2D eigenvalue weighted by molar-refractivity contribution is 0.669. The number of hydrogen-bond donors (Lipinski definition) is 0. The van der Waals surface area contributed by atoms with Gasteiger partial charge in [0, 0.05) is 27.5 Å². The average Bonchev–Trinajstić information content (AvgIpc) is 3.54. The fourth-order valence-electron chi connectivity index (χ4n) is 6.35. The molecule has 9 rings (SSSR count). The number of nitrogens with zero attached hydrogens (tertiary/aromatic N) is 3. The van der Waals surface area contributed by atoms with Gasteiger partial charge < -0.3 is 4.42 Å². The fraction of sp³-hybridized carbons (Fsp3) is 0. The monoisotopic (exact) mass is 601 g/mol. The molecule has 220 valence electrons. The van der Waals surface area contributed by atoms with Crippen molar-refractivity contribution in [2.45, 2.75) is 0 Å². The van der Waals surface area contributed by atoms with E-state index in [1.165, 1.54) is 16.7 Å². The minimum absolute atomic E-state index is 0.605. The SMILES string of the molecule is c1ccc(-c2ccc(-c3nc(-c4ccc5cc(-c6ccccc6)ccc5c4)nc(-c4cccc5oc6ccccc6c45)n3)cc2)cc1. The average molecular weight is 602 g/mol. The molecule has 0 aliphatic heterocycles. The molecule has 4 heteroatoms. The Morgan fingerprint density at radius 1 is 0.340 bits per heavy atom. The van der Waals surface area contributed by atoms with Crippen molar-refractivity contribution in [3.05, 3.63) is 164 Å². The van der Waals surface area contributed by atoms with Gasteiger partial charge in [0.25, 0.3) is 0 Å². The van der Waals surface area contributed by atoms with Gasteiger partial charge in [0.05, 0.1) is 0 Å². The van der Waals surface area contributed by atoms with Gasteiger partial charge in [-0.25, -0.2) is 15.0 Å². The molecule has 0 saturated carbocycles. The molecule has 2 aromatic heterocycles. The van der Waals surface area contributed by atoms with Crippen molar-refractivity contribution < 1.29 is 4.42 Å². The minimum atomic E-state index is 0.605. The van der Waals surface area contributed by atoms with E-state index in [1.54, 1.807) is 0 Å². The molecule has 0 unspecified atom stereocenters. The van der Waals surface area contributed by atoms with Crippen molar-refractivity contribution in [1.29, 1.82) is 0 Å². The first-order valence-corrected chi connectivity index (χ1v) is 15.7. The van der Waals surface area contributed by atoms with Crippen LogP contribution < -0.4 is 0 Å². The molecule has 0 spiro atoms. The third kappa shape index (κ3) is 4.93. The zero-order valence-electron chi connectivity index (χ0n) is 25.3. The Balaban J connectivity index is 1.21. The molecule has 47 heavy (non-hydrogen) atoms. The summed E-state index contributed by atoms with van der Waals surface area (Å²) in [5.74, 6) is 1.85. The zero-order chi connectivity index (χ0) is 31.2. The number of fused-ring (bicyclic) bond motifs is 4. The largest absolute Gasteiger partial charge is 0.456 e. The molecule has 7 aromatic carbocycles. The van der Waals surface area contributed by atoms with E-state index in [0.29, 0.717) is 17.5 Å². The normalized spacial score (nSPS) is 11.4. The molecule has 0 aliphatic rings. The van der Waals surface area contributed by atoms with Crippen LogP contribution in [0.5, 0.6) is 0 Å². The van der Waals surface area contributed by atoms with Gasteiger partial charge in [0.1, 0.15) is 11.2 Å². The number of benzene rings is 7. The maximum Gasteiger partial charge on any atom is 0.164 e. The van der Waals surface area contributed by atoms with E-state index in [2.05, 4.69) is 121 Å². The van der Waals surface area contributed by atoms with Gasteiger partial charge in [-0.2, -0.15) is 0 Å². The smallest absolute Gasteiger partial charge is 0.164 e. The fourth-order valence-corrected chi connectivity index (χ4v) is 6.35. The van der Waals surface area contributed by atoms with Crippen LogP contribution in [0.4, 0.5) is 0 Å². The first kappa shape index (κ1) is 27.0. The van der Waals surface area contributed by atoms with Crippen LogP contribution in [0.1, 0.15) is 0 Å². The summed E-state index contributed by atoms with van der Waals surface area (Å²) in [6.45, 7) is 0. The number of aromatic nitrogens is 3. The molecule has 2 heterocycles. The molecule has 4 nitrogen and oxygen atoms in total. The Morgan fingerprint density at radius 3 is 1.60 bits per heavy atom. The molecule has 0 amide bonds. The summed E-state index contributed by atoms with van der Waals surface area (Å²) in [5.41, 5.74) is 9.10. The van der Waals surface area contributed by atoms with Gasteiger partial charge in [-0.15, -0.1) is 0 Å². The van der Waals surface area contributed by atoms with Gasteiger partial charge in [0.15, 0.2) is 17.5 Å². The summed E-state index contributed by atoms with van der Waals surface area (Å²) in [6, 6.07) is 56.4. The van der Waals surface area contributed by atoms with Gasteiger partial charge >= 0.3 is 0 Å². The van der Waals surface area contributed by atoms with Crippen molar-refractivity contribution >= 4 is 32.7 Å². The minimum Gasteiger partial charge on any atom is -0.456 e. The summed E-state index contributed by atoms with van der Waals surface area (Å²) in [6.07, 6.45) is 0. The van der Waals surface area contributed by atoms with E-state index in [9.17, 15) is 0 Å². The zero-order valence-corrected chi connectivity index (χ0v) is 25.3. The lowest BCUT2D eigenvalue weighted by atomic mass is 10.00. The molecule has 0 saturated heterocycles. The first-order chi connectivity index (χ1) is 23.3. The molecule has 0 bridgehead atoms. The maximum atomic E-state index is 6.22. The number of para-hydroxylation sites is 1. The Bertz CT molecular complexity index is 2550. The summed E-state index contributed by atoms with van der Waals surface area (Å²) < 4.78 is 6.22. The van der Waals surface area contributed by atoms with Crippen LogP contribution in [0.3, 0.4) is 0 Å². The maximum absolute atomic E-state index is 6.22. The highest BCUT2D eigenvalue weighted by atomic mass is 16.3. The second-order valence-corrected chi connectivity index (χ2v) is 11.7. The second kappa shape index (κ2) is 11.2. The van der Waals surface area contributed by atoms with Crippen LogP contribution in [0.25, 0.3) is 89.1 Å². The predicted octanol–water partition coefficient (Wildman–Crippen LogP) is 11.3. The van der Waals surface area contributed by atoms with Crippen LogP contribution in [0, 0.1) is 0 Å². The topological polar surface area (TPSA) is 51.8 Å². The third-order valence-electron chi connectivity index (χ3n) is 8.73. The number of furan rings is 1. The molecule has 0 atom stereocenters. The van der Waals surface area contributed by atoms with Crippen LogP contribution in [-0.2, 0) is 0 Å². The van der Waals surface area contributed by atoms with E-state index >= 15 is 0 Å². The quantitative estimate of drug-likeness (QED) is 0.197. The highest BCUT2D eigenvalue weighted by Gasteiger charge is 2.18. The van der Waals surface area contributed by atoms with E-state index in [1.807, 2.05) is 42.5 Å². The van der Waals surface area contributed by atoms with E-state index in [-0.39, 0.29) is 0 Å². The van der Waals surface area contributed by atoms with E-state index < -0.39 is 0 Å². The van der Waals surface area contributed by atoms with Crippen molar-refractivity contribution in [2.24, 2.45) is 0 Å². The lowest BCUT2D eigenvalue weighted by Gasteiger charge is -2.11. The van der Waals surface area contributed by atoms with E-state index in [4.69, 9.17) is 19.4 Å². The van der Waals surface area contributed by atoms with Crippen molar-refractivity contribution in [1.82, 2.24) is 15.0 Å². The van der Waals surface area contributed by atoms with Crippen molar-refractivity contribution in [3.63, 3.8) is 0 Å². The molecule has 0 fully saturated rings. The molecular weight excluding hydrogens is 574 g/mol. The standard InChI is InChI=1S/C43H27N3O/c1-3-10-28(11-4-1)30-18-20-31(21-19-30)41-44-42(35-25-24-33-26-32(22-23-34(33)27-35)29-12-5-2-6-13-29)46-43(45-41)37-15-9-17-39-40(37)36-14-7-8-16-38(36)47-39/h1-27H. The molecule has 0 aliphatic carbocycles. The molecule has 0 radical (unpaired) electrons. The molecular formula is C43H27N3O. The van der Waals surface area contributed by atoms with Gasteiger partial charge in [-0.05, 0) is 57.3 Å². The summed E-state index contributed by atoms with van der Waals surface area (Å²) in [5, 5.41) is 4.32. The molecule has 0 N–H and O–H groups in total. The van der Waals surface area contributed by atoms with Gasteiger partial charge in [0.2, 0.25) is 0 Å². The Hall–Kier alpha value is -6.39. The van der Waals surface area contributed by atoms with Crippen LogP contribution in [0.2, 0.25) is 0 Å². The van der Waals surface area contributed by atoms with Gasteiger partial charge in [-0.3, -0.25) is 0 Å². The number of rotatable bonds is 5. The van der Waals surface area contributed by atoms with Gasteiger partial charge in [-0.1, -0.05) is 140 Å². The Labute approximate surface area is 271 Å². The predicted molar refractivity (Wildman–Crippen MR) is 192 cm³/mol. The van der Waals surface area contributed by atoms with Crippen LogP contribution in [-0.4, -0.2) is 15.0 Å². The second-order valence-electron chi connectivity index (χ2n) is 11.7. The molecule has 9 aromatic rings. The summed E-state index contributed by atoms with van der Waals surface area (Å²) in [4.78, 5) is 15.2.